The second-order valence-corrected chi connectivity index (χ2v) is 5.11. The molecular formula is C18H16O2. The van der Waals surface area contributed by atoms with Gasteiger partial charge in [-0.3, -0.25) is 4.79 Å². The van der Waals surface area contributed by atoms with Gasteiger partial charge in [-0.1, -0.05) is 29.8 Å². The van der Waals surface area contributed by atoms with Crippen LogP contribution in [0.5, 0.6) is 5.75 Å². The van der Waals surface area contributed by atoms with Crippen LogP contribution in [-0.2, 0) is 6.42 Å². The summed E-state index contributed by atoms with van der Waals surface area (Å²) in [6, 6.07) is 13.8. The normalized spacial score (nSPS) is 15.5. The molecule has 2 nitrogen and oxygen atoms in total. The maximum absolute atomic E-state index is 12.4. The summed E-state index contributed by atoms with van der Waals surface area (Å²) in [6.45, 7) is 2.06. The van der Waals surface area contributed by atoms with E-state index in [1.807, 2.05) is 36.4 Å². The third-order valence-corrected chi connectivity index (χ3v) is 3.65. The van der Waals surface area contributed by atoms with Crippen molar-refractivity contribution in [2.24, 2.45) is 0 Å². The van der Waals surface area contributed by atoms with Crippen LogP contribution in [0, 0.1) is 6.92 Å². The van der Waals surface area contributed by atoms with E-state index in [4.69, 9.17) is 4.74 Å². The molecule has 0 radical (unpaired) electrons. The van der Waals surface area contributed by atoms with E-state index >= 15 is 0 Å². The number of hydrogen-bond acceptors (Lipinski definition) is 2. The molecule has 1 aliphatic rings. The van der Waals surface area contributed by atoms with Crippen LogP contribution in [0.25, 0.3) is 6.08 Å². The molecule has 0 heterocycles. The van der Waals surface area contributed by atoms with E-state index in [-0.39, 0.29) is 5.78 Å². The number of benzene rings is 2. The Morgan fingerprint density at radius 3 is 2.55 bits per heavy atom. The highest BCUT2D eigenvalue weighted by Gasteiger charge is 2.24. The lowest BCUT2D eigenvalue weighted by atomic mass is 10.1. The first kappa shape index (κ1) is 12.7. The molecule has 3 rings (SSSR count). The van der Waals surface area contributed by atoms with Gasteiger partial charge < -0.3 is 4.74 Å². The number of allylic oxidation sites excluding steroid dienone is 1. The molecular weight excluding hydrogens is 248 g/mol. The Hall–Kier alpha value is -2.35. The lowest BCUT2D eigenvalue weighted by molar-refractivity contribution is 0.104. The van der Waals surface area contributed by atoms with Gasteiger partial charge >= 0.3 is 0 Å². The molecule has 0 bridgehead atoms. The number of hydrogen-bond donors (Lipinski definition) is 0. The maximum Gasteiger partial charge on any atom is 0.189 e. The Bertz CT molecular complexity index is 694. The predicted octanol–water partition coefficient (Wildman–Crippen LogP) is 3.83. The van der Waals surface area contributed by atoms with Crippen molar-refractivity contribution < 1.29 is 9.53 Å². The van der Waals surface area contributed by atoms with Gasteiger partial charge in [0.05, 0.1) is 7.11 Å². The molecule has 2 aromatic carbocycles. The Kier molecular flexibility index (Phi) is 3.15. The zero-order valence-electron chi connectivity index (χ0n) is 11.6. The summed E-state index contributed by atoms with van der Waals surface area (Å²) in [4.78, 5) is 12.4. The summed E-state index contributed by atoms with van der Waals surface area (Å²) in [5, 5.41) is 0. The highest BCUT2D eigenvalue weighted by Crippen LogP contribution is 2.30. The number of fused-ring (bicyclic) bond motifs is 1. The van der Waals surface area contributed by atoms with Crippen molar-refractivity contribution in [2.45, 2.75) is 13.3 Å². The number of carbonyl (C=O) groups excluding carboxylic acids is 1. The Balaban J connectivity index is 1.94. The molecule has 0 spiro atoms. The molecule has 2 aromatic rings. The molecule has 20 heavy (non-hydrogen) atoms. The number of methoxy groups -OCH3 is 1. The van der Waals surface area contributed by atoms with Gasteiger partial charge in [0, 0.05) is 17.6 Å². The Morgan fingerprint density at radius 1 is 1.10 bits per heavy atom. The summed E-state index contributed by atoms with van der Waals surface area (Å²) in [7, 11) is 1.64. The van der Waals surface area contributed by atoms with Crippen LogP contribution in [0.15, 0.2) is 48.0 Å². The van der Waals surface area contributed by atoms with Gasteiger partial charge in [0.1, 0.15) is 5.75 Å². The Morgan fingerprint density at radius 2 is 1.85 bits per heavy atom. The molecule has 0 N–H and O–H groups in total. The molecule has 0 unspecified atom stereocenters. The van der Waals surface area contributed by atoms with Crippen molar-refractivity contribution in [3.63, 3.8) is 0 Å². The fraction of sp³-hybridized carbons (Fsp3) is 0.167. The minimum absolute atomic E-state index is 0.128. The van der Waals surface area contributed by atoms with Gasteiger partial charge in [0.25, 0.3) is 0 Å². The summed E-state index contributed by atoms with van der Waals surface area (Å²) in [6.07, 6.45) is 2.66. The lowest BCUT2D eigenvalue weighted by Gasteiger charge is -2.01. The van der Waals surface area contributed by atoms with Crippen molar-refractivity contribution in [1.82, 2.24) is 0 Å². The highest BCUT2D eigenvalue weighted by atomic mass is 16.5. The first-order chi connectivity index (χ1) is 9.67. The molecule has 0 fully saturated rings. The van der Waals surface area contributed by atoms with Gasteiger partial charge in [-0.2, -0.15) is 0 Å². The van der Waals surface area contributed by atoms with E-state index in [9.17, 15) is 4.79 Å². The van der Waals surface area contributed by atoms with E-state index in [1.54, 1.807) is 7.11 Å². The number of Topliss-reactive ketones (excluding diaryl/α,β-unsaturated/α-hetero) is 1. The first-order valence-corrected chi connectivity index (χ1v) is 6.66. The summed E-state index contributed by atoms with van der Waals surface area (Å²) >= 11 is 0. The van der Waals surface area contributed by atoms with Crippen LogP contribution < -0.4 is 4.74 Å². The van der Waals surface area contributed by atoms with Gasteiger partial charge in [-0.05, 0) is 42.3 Å². The van der Waals surface area contributed by atoms with E-state index in [0.717, 1.165) is 28.0 Å². The molecule has 0 saturated heterocycles. The number of ether oxygens (including phenoxy) is 1. The largest absolute Gasteiger partial charge is 0.497 e. The van der Waals surface area contributed by atoms with Crippen LogP contribution in [-0.4, -0.2) is 12.9 Å². The van der Waals surface area contributed by atoms with E-state index in [0.29, 0.717) is 6.42 Å². The fourth-order valence-electron chi connectivity index (χ4n) is 2.50. The average molecular weight is 264 g/mol. The summed E-state index contributed by atoms with van der Waals surface area (Å²) in [5.74, 6) is 0.927. The average Bonchev–Trinajstić information content (AvgIpc) is 2.77. The van der Waals surface area contributed by atoms with Crippen molar-refractivity contribution in [1.29, 1.82) is 0 Å². The van der Waals surface area contributed by atoms with E-state index in [1.165, 1.54) is 5.56 Å². The number of aryl methyl sites for hydroxylation is 1. The predicted molar refractivity (Wildman–Crippen MR) is 80.2 cm³/mol. The zero-order chi connectivity index (χ0) is 14.1. The quantitative estimate of drug-likeness (QED) is 0.771. The molecule has 100 valence electrons. The Labute approximate surface area is 118 Å². The third-order valence-electron chi connectivity index (χ3n) is 3.65. The second-order valence-electron chi connectivity index (χ2n) is 5.11. The van der Waals surface area contributed by atoms with Crippen molar-refractivity contribution in [2.75, 3.05) is 7.11 Å². The van der Waals surface area contributed by atoms with Gasteiger partial charge in [-0.25, -0.2) is 0 Å². The SMILES string of the molecule is COc1ccc2c(c1)CC(=Cc1ccc(C)cc1)C2=O. The zero-order valence-corrected chi connectivity index (χ0v) is 11.6. The topological polar surface area (TPSA) is 26.3 Å². The van der Waals surface area contributed by atoms with Crippen molar-refractivity contribution in [3.8, 4) is 5.75 Å². The van der Waals surface area contributed by atoms with Crippen LogP contribution >= 0.6 is 0 Å². The number of ketones is 1. The second kappa shape index (κ2) is 4.97. The minimum atomic E-state index is 0.128. The summed E-state index contributed by atoms with van der Waals surface area (Å²) in [5.41, 5.74) is 4.98. The third kappa shape index (κ3) is 2.25. The molecule has 0 saturated carbocycles. The molecule has 0 amide bonds. The van der Waals surface area contributed by atoms with Gasteiger partial charge in [-0.15, -0.1) is 0 Å². The van der Waals surface area contributed by atoms with Crippen LogP contribution in [0.1, 0.15) is 27.0 Å². The van der Waals surface area contributed by atoms with Gasteiger partial charge in [0.2, 0.25) is 0 Å². The molecule has 2 heteroatoms. The highest BCUT2D eigenvalue weighted by molar-refractivity contribution is 6.15. The number of rotatable bonds is 2. The van der Waals surface area contributed by atoms with E-state index in [2.05, 4.69) is 19.1 Å². The van der Waals surface area contributed by atoms with Crippen LogP contribution in [0.3, 0.4) is 0 Å². The summed E-state index contributed by atoms with van der Waals surface area (Å²) < 4.78 is 5.21. The van der Waals surface area contributed by atoms with Crippen molar-refractivity contribution in [3.05, 3.63) is 70.3 Å². The molecule has 0 atom stereocenters. The lowest BCUT2D eigenvalue weighted by Crippen LogP contribution is -1.95. The van der Waals surface area contributed by atoms with Crippen LogP contribution in [0.2, 0.25) is 0 Å². The first-order valence-electron chi connectivity index (χ1n) is 6.66. The molecule has 0 aromatic heterocycles. The minimum Gasteiger partial charge on any atom is -0.497 e. The molecule has 1 aliphatic carbocycles. The number of carbonyl (C=O) groups is 1. The molecule has 0 aliphatic heterocycles. The maximum atomic E-state index is 12.4. The van der Waals surface area contributed by atoms with Gasteiger partial charge in [0.15, 0.2) is 5.78 Å². The van der Waals surface area contributed by atoms with E-state index < -0.39 is 0 Å². The monoisotopic (exact) mass is 264 g/mol. The van der Waals surface area contributed by atoms with Crippen molar-refractivity contribution >= 4 is 11.9 Å². The standard InChI is InChI=1S/C18H16O2/c1-12-3-5-13(6-4-12)9-15-10-14-11-16(20-2)7-8-17(14)18(15)19/h3-9,11H,10H2,1-2H3. The van der Waals surface area contributed by atoms with Crippen LogP contribution in [0.4, 0.5) is 0 Å². The smallest absolute Gasteiger partial charge is 0.189 e. The fourth-order valence-corrected chi connectivity index (χ4v) is 2.50.